The molecule has 2 aromatic carbocycles. The molecular weight excluding hydrogens is 562 g/mol. The van der Waals surface area contributed by atoms with E-state index in [1.165, 1.54) is 0 Å². The van der Waals surface area contributed by atoms with Gasteiger partial charge in [-0.2, -0.15) is 0 Å². The van der Waals surface area contributed by atoms with Crippen molar-refractivity contribution in [3.63, 3.8) is 0 Å². The Balaban J connectivity index is 1.41. The smallest absolute Gasteiger partial charge is 0.310 e. The van der Waals surface area contributed by atoms with E-state index >= 15 is 0 Å². The SMILES string of the molecule is Cc1ccc(OCCCCCCOC(=O)C(C)CC(C(=O)OC(C)C)C(C)C(=O)OC(C)C)c(-n2nc3ccccc3n2)c1. The Bertz CT molecular complexity index is 1350. The third-order valence-electron chi connectivity index (χ3n) is 7.15. The first-order valence-corrected chi connectivity index (χ1v) is 15.6. The topological polar surface area (TPSA) is 119 Å². The molecule has 3 aromatic rings. The van der Waals surface area contributed by atoms with Crippen LogP contribution in [0.5, 0.6) is 5.75 Å². The predicted molar refractivity (Wildman–Crippen MR) is 167 cm³/mol. The molecular formula is C34H47N3O7. The number of unbranched alkanes of at least 4 members (excludes halogenated alkanes) is 3. The van der Waals surface area contributed by atoms with Crippen LogP contribution in [-0.2, 0) is 28.6 Å². The second-order valence-corrected chi connectivity index (χ2v) is 11.9. The van der Waals surface area contributed by atoms with Gasteiger partial charge in [0.05, 0.1) is 43.2 Å². The Hall–Kier alpha value is -3.95. The van der Waals surface area contributed by atoms with Gasteiger partial charge in [0.15, 0.2) is 0 Å². The highest BCUT2D eigenvalue weighted by molar-refractivity contribution is 5.83. The van der Waals surface area contributed by atoms with Gasteiger partial charge in [0.2, 0.25) is 0 Å². The summed E-state index contributed by atoms with van der Waals surface area (Å²) < 4.78 is 22.3. The molecule has 0 saturated heterocycles. The Morgan fingerprint density at radius 1 is 0.750 bits per heavy atom. The molecule has 3 rings (SSSR count). The van der Waals surface area contributed by atoms with Crippen molar-refractivity contribution in [2.24, 2.45) is 17.8 Å². The van der Waals surface area contributed by atoms with E-state index in [-0.39, 0.29) is 25.2 Å². The average molecular weight is 610 g/mol. The van der Waals surface area contributed by atoms with Gasteiger partial charge in [-0.05, 0) is 96.6 Å². The largest absolute Gasteiger partial charge is 0.491 e. The Labute approximate surface area is 260 Å². The van der Waals surface area contributed by atoms with Crippen molar-refractivity contribution >= 4 is 28.9 Å². The first-order valence-electron chi connectivity index (χ1n) is 15.6. The van der Waals surface area contributed by atoms with Crippen LogP contribution >= 0.6 is 0 Å². The van der Waals surface area contributed by atoms with Crippen LogP contribution in [0.1, 0.15) is 79.2 Å². The number of benzene rings is 2. The molecule has 1 heterocycles. The zero-order valence-corrected chi connectivity index (χ0v) is 27.1. The minimum Gasteiger partial charge on any atom is -0.491 e. The number of nitrogens with zero attached hydrogens (tertiary/aromatic N) is 3. The zero-order valence-electron chi connectivity index (χ0n) is 27.1. The zero-order chi connectivity index (χ0) is 32.2. The Morgan fingerprint density at radius 3 is 1.95 bits per heavy atom. The van der Waals surface area contributed by atoms with E-state index in [0.717, 1.165) is 47.3 Å². The van der Waals surface area contributed by atoms with Crippen molar-refractivity contribution in [2.75, 3.05) is 13.2 Å². The molecule has 10 heteroatoms. The van der Waals surface area contributed by atoms with Crippen LogP contribution in [0.15, 0.2) is 42.5 Å². The third kappa shape index (κ3) is 10.3. The van der Waals surface area contributed by atoms with E-state index in [0.29, 0.717) is 13.0 Å². The molecule has 0 amide bonds. The monoisotopic (exact) mass is 609 g/mol. The molecule has 0 saturated carbocycles. The number of carbonyl (C=O) groups excluding carboxylic acids is 3. The fourth-order valence-corrected chi connectivity index (χ4v) is 4.73. The minimum atomic E-state index is -0.802. The quantitative estimate of drug-likeness (QED) is 0.0974. The van der Waals surface area contributed by atoms with Gasteiger partial charge in [-0.1, -0.05) is 32.0 Å². The molecule has 3 unspecified atom stereocenters. The summed E-state index contributed by atoms with van der Waals surface area (Å²) in [5.41, 5.74) is 3.54. The van der Waals surface area contributed by atoms with E-state index in [9.17, 15) is 14.4 Å². The maximum absolute atomic E-state index is 12.8. The van der Waals surface area contributed by atoms with Crippen molar-refractivity contribution < 1.29 is 33.3 Å². The molecule has 0 radical (unpaired) electrons. The van der Waals surface area contributed by atoms with Crippen molar-refractivity contribution in [3.05, 3.63) is 48.0 Å². The summed E-state index contributed by atoms with van der Waals surface area (Å²) in [6.45, 7) is 13.2. The highest BCUT2D eigenvalue weighted by Gasteiger charge is 2.36. The van der Waals surface area contributed by atoms with E-state index in [4.69, 9.17) is 18.9 Å². The predicted octanol–water partition coefficient (Wildman–Crippen LogP) is 6.39. The number of ether oxygens (including phenoxy) is 4. The lowest BCUT2D eigenvalue weighted by Gasteiger charge is -2.25. The fraction of sp³-hybridized carbons (Fsp3) is 0.559. The molecule has 0 spiro atoms. The number of fused-ring (bicyclic) bond motifs is 1. The first kappa shape index (κ1) is 34.5. The van der Waals surface area contributed by atoms with E-state index in [1.807, 2.05) is 49.4 Å². The number of aromatic nitrogens is 3. The fourth-order valence-electron chi connectivity index (χ4n) is 4.73. The maximum Gasteiger partial charge on any atom is 0.310 e. The van der Waals surface area contributed by atoms with Gasteiger partial charge in [0, 0.05) is 0 Å². The van der Waals surface area contributed by atoms with E-state index < -0.39 is 35.7 Å². The van der Waals surface area contributed by atoms with Crippen LogP contribution in [0.25, 0.3) is 16.7 Å². The lowest BCUT2D eigenvalue weighted by atomic mass is 9.85. The van der Waals surface area contributed by atoms with Crippen LogP contribution in [0.4, 0.5) is 0 Å². The Kier molecular flexibility index (Phi) is 13.2. The number of carbonyl (C=O) groups is 3. The van der Waals surface area contributed by atoms with Gasteiger partial charge in [-0.25, -0.2) is 0 Å². The van der Waals surface area contributed by atoms with Crippen LogP contribution in [0, 0.1) is 24.7 Å². The lowest BCUT2D eigenvalue weighted by Crippen LogP contribution is -2.35. The first-order chi connectivity index (χ1) is 21.0. The summed E-state index contributed by atoms with van der Waals surface area (Å²) in [5.74, 6) is -2.79. The maximum atomic E-state index is 12.8. The van der Waals surface area contributed by atoms with Crippen molar-refractivity contribution in [1.82, 2.24) is 15.0 Å². The number of aryl methyl sites for hydroxylation is 1. The molecule has 10 nitrogen and oxygen atoms in total. The molecule has 0 aliphatic heterocycles. The summed E-state index contributed by atoms with van der Waals surface area (Å²) in [7, 11) is 0. The van der Waals surface area contributed by atoms with Gasteiger partial charge in [-0.3, -0.25) is 14.4 Å². The second-order valence-electron chi connectivity index (χ2n) is 11.9. The van der Waals surface area contributed by atoms with Gasteiger partial charge >= 0.3 is 17.9 Å². The summed E-state index contributed by atoms with van der Waals surface area (Å²) in [4.78, 5) is 39.6. The van der Waals surface area contributed by atoms with Crippen molar-refractivity contribution in [3.8, 4) is 11.4 Å². The molecule has 0 fully saturated rings. The summed E-state index contributed by atoms with van der Waals surface area (Å²) >= 11 is 0. The highest BCUT2D eigenvalue weighted by Crippen LogP contribution is 2.26. The lowest BCUT2D eigenvalue weighted by molar-refractivity contribution is -0.166. The van der Waals surface area contributed by atoms with Crippen molar-refractivity contribution in [2.45, 2.75) is 92.8 Å². The van der Waals surface area contributed by atoms with Crippen LogP contribution < -0.4 is 4.74 Å². The second kappa shape index (κ2) is 16.8. The molecule has 0 aliphatic rings. The number of hydrogen-bond acceptors (Lipinski definition) is 9. The van der Waals surface area contributed by atoms with Gasteiger partial charge in [0.1, 0.15) is 22.5 Å². The van der Waals surface area contributed by atoms with Crippen LogP contribution in [0.3, 0.4) is 0 Å². The van der Waals surface area contributed by atoms with Gasteiger partial charge < -0.3 is 18.9 Å². The summed E-state index contributed by atoms with van der Waals surface area (Å²) in [5, 5.41) is 9.18. The molecule has 44 heavy (non-hydrogen) atoms. The van der Waals surface area contributed by atoms with Crippen LogP contribution in [-0.4, -0.2) is 58.3 Å². The molecule has 3 atom stereocenters. The van der Waals surface area contributed by atoms with Gasteiger partial charge in [0.25, 0.3) is 0 Å². The van der Waals surface area contributed by atoms with E-state index in [2.05, 4.69) is 10.2 Å². The number of hydrogen-bond donors (Lipinski definition) is 0. The summed E-state index contributed by atoms with van der Waals surface area (Å²) in [6, 6.07) is 13.7. The number of rotatable bonds is 17. The third-order valence-corrected chi connectivity index (χ3v) is 7.15. The molecule has 1 aromatic heterocycles. The van der Waals surface area contributed by atoms with Crippen LogP contribution in [0.2, 0.25) is 0 Å². The molecule has 0 aliphatic carbocycles. The van der Waals surface area contributed by atoms with Crippen molar-refractivity contribution in [1.29, 1.82) is 0 Å². The summed E-state index contributed by atoms with van der Waals surface area (Å²) in [6.07, 6.45) is 2.85. The minimum absolute atomic E-state index is 0.140. The molecule has 240 valence electrons. The normalized spacial score (nSPS) is 13.5. The standard InChI is InChI=1S/C34H47N3O7/c1-22(2)43-33(39)26(7)27(34(40)44-23(3)4)21-25(6)32(38)42-19-13-9-8-12-18-41-31-17-16-24(5)20-30(31)37-35-28-14-10-11-15-29(28)36-37/h10-11,14-17,20,22-23,25-27H,8-9,12-13,18-19,21H2,1-7H3. The average Bonchev–Trinajstić information content (AvgIpc) is 3.40. The molecule has 0 bridgehead atoms. The Morgan fingerprint density at radius 2 is 1.34 bits per heavy atom. The number of esters is 3. The van der Waals surface area contributed by atoms with Gasteiger partial charge in [-0.15, -0.1) is 15.0 Å². The molecule has 0 N–H and O–H groups in total. The highest BCUT2D eigenvalue weighted by atomic mass is 16.6. The van der Waals surface area contributed by atoms with E-state index in [1.54, 1.807) is 46.3 Å².